The second-order valence-electron chi connectivity index (χ2n) is 34.2. The Bertz CT molecular complexity index is 4950. The average molecular weight is 1850 g/mol. The summed E-state index contributed by atoms with van der Waals surface area (Å²) in [6.45, 7) is 33.5. The van der Waals surface area contributed by atoms with Gasteiger partial charge in [-0.2, -0.15) is 5.10 Å². The lowest BCUT2D eigenvalue weighted by Gasteiger charge is -2.40. The Morgan fingerprint density at radius 2 is 0.752 bits per heavy atom. The number of aromatic nitrogens is 3. The van der Waals surface area contributed by atoms with Crippen LogP contribution in [0.25, 0.3) is 0 Å². The number of hydrogen-bond acceptors (Lipinski definition) is 39. The predicted molar refractivity (Wildman–Crippen MR) is 455 cm³/mol. The molecule has 670 valence electrons. The molecule has 9 amide bonds. The number of Topliss-reactive ketones (excluding diaryl/α,β-unsaturated/α-hetero) is 3. The summed E-state index contributed by atoms with van der Waals surface area (Å²) < 4.78 is 29.8. The molecule has 9 aliphatic rings. The maximum atomic E-state index is 13.6. The number of aryl methyl sites for hydroxylation is 3. The Hall–Kier alpha value is -9.82. The first kappa shape index (κ1) is 97.4. The van der Waals surface area contributed by atoms with Gasteiger partial charge in [0.25, 0.3) is 0 Å². The summed E-state index contributed by atoms with van der Waals surface area (Å²) in [6, 6.07) is -1.65. The Morgan fingerprint density at radius 1 is 0.464 bits per heavy atom. The molecule has 9 fully saturated rings. The van der Waals surface area contributed by atoms with Gasteiger partial charge in [0.2, 0.25) is 49.1 Å². The van der Waals surface area contributed by atoms with Gasteiger partial charge in [-0.25, -0.2) is 60.0 Å². The number of urea groups is 3. The number of carbonyl (C=O) groups excluding carboxylic acids is 15. The SMILES string of the molecule is [B]OC(=O)[C@@]1(N2CCN(N)C2=O)CN2C(=O)C(CC(=O)/C(=N\OC(C)(C)C(=O)OC(C)(C)C)c3csc(C)n3)[C@H]2S1.[B]OC(=O)[C@@]1(N2CCN(N=C)C2=O)CN2C(=O)C(CC(=O)/C(=N\OC(C)(C)C(=O)OC(C)(C)C)c3csc(C)n3)[C@H]2S1.[B]OC(=O)[C@@]1(N2CCN(NC)C2=O)CN2C(=O)C(CC(=O)/C(=N\OC(C)(C)C(=O)OC(C)(C)C)c3csc(C)n3)[C@H]2S1. The van der Waals surface area contributed by atoms with E-state index in [1.54, 1.807) is 106 Å². The molecule has 3 unspecified atom stereocenters. The van der Waals surface area contributed by atoms with Crippen LogP contribution in [0, 0.1) is 38.5 Å². The molecular weight excluding hydrogens is 1750 g/mol. The molecule has 0 spiro atoms. The van der Waals surface area contributed by atoms with Crippen molar-refractivity contribution in [3.63, 3.8) is 0 Å². The molecule has 3 aromatic heterocycles. The van der Waals surface area contributed by atoms with Gasteiger partial charge in [0.15, 0.2) is 34.5 Å². The summed E-state index contributed by atoms with van der Waals surface area (Å²) in [4.78, 5) is 228. The summed E-state index contributed by atoms with van der Waals surface area (Å²) in [5.74, 6) is -4.32. The van der Waals surface area contributed by atoms with Crippen molar-refractivity contribution in [1.29, 1.82) is 0 Å². The molecule has 9 aliphatic heterocycles. The van der Waals surface area contributed by atoms with Crippen LogP contribution in [-0.2, 0) is 100 Å². The first-order chi connectivity index (χ1) is 58.1. The van der Waals surface area contributed by atoms with Gasteiger partial charge >= 0.3 is 78.1 Å². The number of rotatable bonds is 29. The van der Waals surface area contributed by atoms with Gasteiger partial charge in [0.05, 0.1) is 88.2 Å². The number of thioether (sulfide) groups is 3. The summed E-state index contributed by atoms with van der Waals surface area (Å²) in [7, 11) is 17.3. The van der Waals surface area contributed by atoms with E-state index in [1.807, 2.05) is 0 Å². The first-order valence-corrected chi connectivity index (χ1v) is 44.1. The second-order valence-corrected chi connectivity index (χ2v) is 41.6. The fourth-order valence-corrected chi connectivity index (χ4v) is 20.9. The highest BCUT2D eigenvalue weighted by molar-refractivity contribution is 8.03. The molecule has 0 aliphatic carbocycles. The number of nitrogens with zero attached hydrogens (tertiary/aromatic N) is 16. The number of nitrogens with one attached hydrogen (secondary N) is 1. The van der Waals surface area contributed by atoms with E-state index in [-0.39, 0.29) is 124 Å². The maximum Gasteiger partial charge on any atom is 0.378 e. The largest absolute Gasteiger partial charge is 0.541 e. The van der Waals surface area contributed by atoms with Gasteiger partial charge in [-0.15, -0.1) is 34.0 Å². The Kier molecular flexibility index (Phi) is 28.7. The van der Waals surface area contributed by atoms with E-state index < -0.39 is 153 Å². The number of thiazole rings is 3. The minimum Gasteiger partial charge on any atom is -0.541 e. The third kappa shape index (κ3) is 20.1. The van der Waals surface area contributed by atoms with E-state index in [9.17, 15) is 71.9 Å². The number of ether oxygens (including phenoxy) is 3. The molecule has 9 saturated heterocycles. The van der Waals surface area contributed by atoms with Gasteiger partial charge in [0.1, 0.15) is 33.9 Å². The van der Waals surface area contributed by atoms with Gasteiger partial charge in [0, 0.05) is 68.8 Å². The van der Waals surface area contributed by atoms with Crippen molar-refractivity contribution in [3.05, 3.63) is 48.2 Å². The number of hydrazine groups is 2. The van der Waals surface area contributed by atoms with Gasteiger partial charge in [-0.05, 0) is 125 Å². The molecule has 0 bridgehead atoms. The molecule has 9 atom stereocenters. The number of amides is 9. The van der Waals surface area contributed by atoms with Gasteiger partial charge < -0.3 is 57.4 Å². The Labute approximate surface area is 747 Å². The Morgan fingerprint density at radius 3 is 0.992 bits per heavy atom. The predicted octanol–water partition coefficient (Wildman–Crippen LogP) is 3.15. The van der Waals surface area contributed by atoms with Crippen LogP contribution in [0.4, 0.5) is 14.4 Å². The minimum atomic E-state index is -1.62. The molecule has 3 aromatic rings. The number of esters is 3. The van der Waals surface area contributed by atoms with E-state index >= 15 is 0 Å². The third-order valence-corrected chi connectivity index (χ3v) is 27.8. The number of hydrazone groups is 1. The smallest absolute Gasteiger partial charge is 0.378 e. The van der Waals surface area contributed by atoms with Crippen molar-refractivity contribution in [2.24, 2.45) is 44.2 Å². The fourth-order valence-electron chi connectivity index (χ4n) is 13.9. The second kappa shape index (κ2) is 36.9. The molecule has 12 heterocycles. The zero-order chi connectivity index (χ0) is 92.9. The maximum absolute atomic E-state index is 13.6. The third-order valence-electron chi connectivity index (χ3n) is 20.3. The summed E-state index contributed by atoms with van der Waals surface area (Å²) in [6.07, 6.45) is -0.854. The Balaban J connectivity index is 0.000000196. The standard InChI is InChI=1S/C25H33BN6O8S2.C25H31BN6O8S2.C24H31BN6O8S2/c2*1-13-28-15(11-41-13)17(29-40-24(5,6)20(35)38-23(2,3)4)16(33)10-14-18(34)30-12-25(21(36)39-26,42-19(14)30)31-8-9-32(27-7)22(31)37;1-12-27-14(10-40-12)16(28-39-23(5,6)19(34)37-22(2,3)4)15(32)9-13-17(33)29-11-24(20(35)38-25,41-18(13)29)30-7-8-31(26)21(30)36/h11,14,19,27H,8-10,12H2,1-7H3;11,14,19H,7-10,12H2,1-6H3;10,13,18H,7-9,11,26H2,1-6H3/b2*29-17-;28-16-/t2*14?,19-,25-;13?,18-,24-/m111/s1. The van der Waals surface area contributed by atoms with Crippen LogP contribution >= 0.6 is 69.3 Å². The van der Waals surface area contributed by atoms with E-state index in [4.69, 9.17) is 58.7 Å². The van der Waals surface area contributed by atoms with Crippen LogP contribution in [-0.4, -0.2) is 327 Å². The highest BCUT2D eigenvalue weighted by atomic mass is 32.2. The lowest BCUT2D eigenvalue weighted by Crippen LogP contribution is -2.60. The van der Waals surface area contributed by atoms with Crippen molar-refractivity contribution >= 4 is 206 Å². The topological polar surface area (TPSA) is 494 Å². The first-order valence-electron chi connectivity index (χ1n) is 38.8. The molecule has 51 heteroatoms. The van der Waals surface area contributed by atoms with Crippen LogP contribution in [0.3, 0.4) is 0 Å². The summed E-state index contributed by atoms with van der Waals surface area (Å²) >= 11 is 6.94. The van der Waals surface area contributed by atoms with E-state index in [0.717, 1.165) is 45.3 Å². The molecule has 6 radical (unpaired) electrons. The quantitative estimate of drug-likeness (QED) is 0.0147. The monoisotopic (exact) mass is 1840 g/mol. The highest BCUT2D eigenvalue weighted by Gasteiger charge is 2.70. The molecule has 42 nitrogen and oxygen atoms in total. The molecular formula is C74H95B3N18O24S6. The molecule has 125 heavy (non-hydrogen) atoms. The van der Waals surface area contributed by atoms with Crippen LogP contribution < -0.4 is 11.3 Å². The summed E-state index contributed by atoms with van der Waals surface area (Å²) in [5.41, 5.74) is -3.94. The molecule has 0 saturated carbocycles. The molecule has 3 N–H and O–H groups in total. The minimum absolute atomic E-state index is 0.126. The van der Waals surface area contributed by atoms with E-state index in [2.05, 4.69) is 61.6 Å². The lowest BCUT2D eigenvalue weighted by molar-refractivity contribution is -0.180. The van der Waals surface area contributed by atoms with E-state index in [1.165, 1.54) is 110 Å². The van der Waals surface area contributed by atoms with Gasteiger partial charge in [-0.1, -0.05) is 50.8 Å². The van der Waals surface area contributed by atoms with Crippen LogP contribution in [0.2, 0.25) is 0 Å². The number of β-lactam (4-membered cyclic amide) rings is 3. The van der Waals surface area contributed by atoms with Crippen LogP contribution in [0.15, 0.2) is 36.7 Å². The number of ketones is 3. The number of hydrogen-bond donors (Lipinski definition) is 2. The molecule has 12 rings (SSSR count). The normalized spacial score (nSPS) is 24.5. The number of oxime groups is 3. The van der Waals surface area contributed by atoms with Crippen molar-refractivity contribution in [2.45, 2.75) is 208 Å². The summed E-state index contributed by atoms with van der Waals surface area (Å²) in [5, 5.41) is 24.2. The van der Waals surface area contributed by atoms with Crippen LogP contribution in [0.1, 0.15) is 155 Å². The highest BCUT2D eigenvalue weighted by Crippen LogP contribution is 2.56. The van der Waals surface area contributed by atoms with Crippen molar-refractivity contribution in [3.8, 4) is 0 Å². The fraction of sp³-hybridized carbons (Fsp3) is 0.622. The number of fused-ring (bicyclic) bond motifs is 3. The number of nitrogens with two attached hydrogens (primary N) is 1. The van der Waals surface area contributed by atoms with Crippen molar-refractivity contribution < 1.29 is 115 Å². The van der Waals surface area contributed by atoms with Crippen molar-refractivity contribution in [1.82, 2.24) is 64.8 Å². The lowest BCUT2D eigenvalue weighted by atomic mass is 9.90. The van der Waals surface area contributed by atoms with Crippen LogP contribution in [0.5, 0.6) is 0 Å². The van der Waals surface area contributed by atoms with Gasteiger partial charge in [-0.3, -0.25) is 67.9 Å². The molecule has 0 aromatic carbocycles. The average Bonchev–Trinajstić information content (AvgIpc) is 1.57. The zero-order valence-corrected chi connectivity index (χ0v) is 77.0. The number of carbonyl (C=O) groups is 15. The van der Waals surface area contributed by atoms with E-state index in [0.29, 0.717) is 21.6 Å². The van der Waals surface area contributed by atoms with Crippen molar-refractivity contribution in [2.75, 3.05) is 66.0 Å². The zero-order valence-electron chi connectivity index (χ0n) is 72.1.